The molecule has 2 amide bonds. The molecule has 2 N–H and O–H groups in total. The van der Waals surface area contributed by atoms with Crippen LogP contribution in [0.3, 0.4) is 0 Å². The highest BCUT2D eigenvalue weighted by Crippen LogP contribution is 2.27. The Morgan fingerprint density at radius 2 is 2.16 bits per heavy atom. The number of para-hydroxylation sites is 1. The number of aryl methyl sites for hydroxylation is 1. The summed E-state index contributed by atoms with van der Waals surface area (Å²) in [6, 6.07) is 11.6. The highest BCUT2D eigenvalue weighted by molar-refractivity contribution is 8.00. The fourth-order valence-corrected chi connectivity index (χ4v) is 3.89. The van der Waals surface area contributed by atoms with Crippen molar-refractivity contribution >= 4 is 29.3 Å². The molecule has 0 saturated heterocycles. The van der Waals surface area contributed by atoms with Gasteiger partial charge in [0.2, 0.25) is 11.8 Å². The monoisotopic (exact) mass is 358 g/mol. The van der Waals surface area contributed by atoms with E-state index in [2.05, 4.69) is 16.7 Å². The maximum absolute atomic E-state index is 12.3. The van der Waals surface area contributed by atoms with Gasteiger partial charge < -0.3 is 15.1 Å². The topological polar surface area (TPSA) is 71.3 Å². The quantitative estimate of drug-likeness (QED) is 0.798. The Balaban J connectivity index is 1.37. The van der Waals surface area contributed by atoms with Crippen molar-refractivity contribution in [3.8, 4) is 0 Å². The van der Waals surface area contributed by atoms with Gasteiger partial charge in [0.1, 0.15) is 5.76 Å². The van der Waals surface area contributed by atoms with Gasteiger partial charge in [-0.05, 0) is 36.6 Å². The minimum absolute atomic E-state index is 0.0105. The highest BCUT2D eigenvalue weighted by Gasteiger charge is 2.23. The molecule has 25 heavy (non-hydrogen) atoms. The molecule has 0 aliphatic carbocycles. The Kier molecular flexibility index (Phi) is 6.17. The first-order valence-corrected chi connectivity index (χ1v) is 9.57. The average Bonchev–Trinajstić information content (AvgIpc) is 3.06. The number of rotatable bonds is 7. The molecule has 6 heteroatoms. The fourth-order valence-electron chi connectivity index (χ4n) is 2.81. The lowest BCUT2D eigenvalue weighted by Crippen LogP contribution is -2.27. The van der Waals surface area contributed by atoms with Crippen LogP contribution in [0.1, 0.15) is 24.2 Å². The molecule has 0 radical (unpaired) electrons. The number of carbonyl (C=O) groups is 2. The Hall–Kier alpha value is -2.21. The highest BCUT2D eigenvalue weighted by atomic mass is 32.2. The van der Waals surface area contributed by atoms with Gasteiger partial charge in [0, 0.05) is 30.8 Å². The Morgan fingerprint density at radius 1 is 1.28 bits per heavy atom. The molecule has 0 saturated carbocycles. The Bertz CT molecular complexity index is 715. The van der Waals surface area contributed by atoms with Gasteiger partial charge in [0.05, 0.1) is 11.5 Å². The van der Waals surface area contributed by atoms with Crippen molar-refractivity contribution in [2.45, 2.75) is 30.9 Å². The zero-order valence-electron chi connectivity index (χ0n) is 14.0. The molecule has 1 aromatic carbocycles. The van der Waals surface area contributed by atoms with Gasteiger partial charge >= 0.3 is 0 Å². The summed E-state index contributed by atoms with van der Waals surface area (Å²) in [4.78, 5) is 24.2. The molecule has 2 heterocycles. The van der Waals surface area contributed by atoms with E-state index in [4.69, 9.17) is 4.42 Å². The van der Waals surface area contributed by atoms with Crippen LogP contribution in [0.2, 0.25) is 0 Å². The van der Waals surface area contributed by atoms with Gasteiger partial charge in [-0.25, -0.2) is 0 Å². The van der Waals surface area contributed by atoms with Crippen molar-refractivity contribution in [1.29, 1.82) is 0 Å². The molecule has 1 aliphatic rings. The van der Waals surface area contributed by atoms with Crippen molar-refractivity contribution in [1.82, 2.24) is 5.32 Å². The van der Waals surface area contributed by atoms with Gasteiger partial charge in [0.15, 0.2) is 0 Å². The van der Waals surface area contributed by atoms with Crippen molar-refractivity contribution in [2.24, 2.45) is 0 Å². The van der Waals surface area contributed by atoms with E-state index in [1.54, 1.807) is 18.0 Å². The van der Waals surface area contributed by atoms with Crippen molar-refractivity contribution < 1.29 is 14.0 Å². The zero-order valence-corrected chi connectivity index (χ0v) is 14.8. The van der Waals surface area contributed by atoms with E-state index in [-0.39, 0.29) is 17.1 Å². The molecule has 0 unspecified atom stereocenters. The number of hydrogen-bond donors (Lipinski definition) is 2. The van der Waals surface area contributed by atoms with E-state index >= 15 is 0 Å². The summed E-state index contributed by atoms with van der Waals surface area (Å²) in [5, 5.41) is 5.77. The minimum Gasteiger partial charge on any atom is -0.469 e. The molecule has 0 bridgehead atoms. The van der Waals surface area contributed by atoms with Crippen LogP contribution in [0.25, 0.3) is 0 Å². The van der Waals surface area contributed by atoms with Crippen LogP contribution < -0.4 is 10.6 Å². The smallest absolute Gasteiger partial charge is 0.237 e. The summed E-state index contributed by atoms with van der Waals surface area (Å²) in [7, 11) is 0. The van der Waals surface area contributed by atoms with Crippen LogP contribution in [-0.2, 0) is 22.4 Å². The lowest BCUT2D eigenvalue weighted by Gasteiger charge is -2.12. The molecule has 5 nitrogen and oxygen atoms in total. The first-order chi connectivity index (χ1) is 12.2. The number of hydrogen-bond acceptors (Lipinski definition) is 4. The van der Waals surface area contributed by atoms with Crippen LogP contribution in [0.4, 0.5) is 5.69 Å². The summed E-state index contributed by atoms with van der Waals surface area (Å²) in [6.07, 6.45) is 4.41. The van der Waals surface area contributed by atoms with E-state index < -0.39 is 0 Å². The van der Waals surface area contributed by atoms with Gasteiger partial charge in [-0.3, -0.25) is 9.59 Å². The lowest BCUT2D eigenvalue weighted by atomic mass is 10.1. The van der Waals surface area contributed by atoms with Crippen LogP contribution in [0, 0.1) is 0 Å². The Labute approximate surface area is 151 Å². The van der Waals surface area contributed by atoms with Gasteiger partial charge in [-0.2, -0.15) is 0 Å². The molecule has 2 aromatic rings. The second kappa shape index (κ2) is 8.76. The molecule has 1 aromatic heterocycles. The maximum atomic E-state index is 12.3. The number of fused-ring (bicyclic) bond motifs is 1. The molecule has 0 spiro atoms. The first kappa shape index (κ1) is 17.6. The normalized spacial score (nSPS) is 16.6. The van der Waals surface area contributed by atoms with E-state index in [9.17, 15) is 9.59 Å². The minimum atomic E-state index is -0.108. The Morgan fingerprint density at radius 3 is 3.00 bits per heavy atom. The average molecular weight is 358 g/mol. The number of benzene rings is 1. The maximum Gasteiger partial charge on any atom is 0.237 e. The fraction of sp³-hybridized carbons (Fsp3) is 0.368. The number of anilines is 1. The van der Waals surface area contributed by atoms with Crippen LogP contribution in [0.5, 0.6) is 0 Å². The molecule has 3 rings (SSSR count). The van der Waals surface area contributed by atoms with Crippen molar-refractivity contribution in [2.75, 3.05) is 17.6 Å². The summed E-state index contributed by atoms with van der Waals surface area (Å²) in [5.74, 6) is 1.55. The molecule has 1 aliphatic heterocycles. The van der Waals surface area contributed by atoms with Crippen LogP contribution >= 0.6 is 11.8 Å². The van der Waals surface area contributed by atoms with Crippen LogP contribution in [-0.4, -0.2) is 29.4 Å². The van der Waals surface area contributed by atoms with Gasteiger partial charge in [0.25, 0.3) is 0 Å². The SMILES string of the molecule is O=C(CCS[C@@H]1CCc2ccccc2NC1=O)NCCc1ccco1. The summed E-state index contributed by atoms with van der Waals surface area (Å²) in [6.45, 7) is 0.566. The summed E-state index contributed by atoms with van der Waals surface area (Å²) in [5.41, 5.74) is 2.08. The van der Waals surface area contributed by atoms with Crippen LogP contribution in [0.15, 0.2) is 47.1 Å². The summed E-state index contributed by atoms with van der Waals surface area (Å²) >= 11 is 1.56. The van der Waals surface area contributed by atoms with E-state index in [0.29, 0.717) is 25.1 Å². The lowest BCUT2D eigenvalue weighted by molar-refractivity contribution is -0.120. The third kappa shape index (κ3) is 5.13. The number of thioether (sulfide) groups is 1. The largest absolute Gasteiger partial charge is 0.469 e. The van der Waals surface area contributed by atoms with E-state index in [1.807, 2.05) is 30.3 Å². The number of nitrogens with one attached hydrogen (secondary N) is 2. The second-order valence-electron chi connectivity index (χ2n) is 5.97. The number of furan rings is 1. The number of carbonyl (C=O) groups excluding carboxylic acids is 2. The molecule has 1 atom stereocenters. The van der Waals surface area contributed by atoms with Gasteiger partial charge in [-0.1, -0.05) is 18.2 Å². The molecular formula is C19H22N2O3S. The predicted molar refractivity (Wildman–Crippen MR) is 99.7 cm³/mol. The number of amides is 2. The zero-order chi connectivity index (χ0) is 17.5. The predicted octanol–water partition coefficient (Wildman–Crippen LogP) is 3.02. The third-order valence-electron chi connectivity index (χ3n) is 4.17. The van der Waals surface area contributed by atoms with Crippen molar-refractivity contribution in [3.05, 3.63) is 54.0 Å². The standard InChI is InChI=1S/C19H22N2O3S/c22-18(20-11-9-15-5-3-12-24-15)10-13-25-17-8-7-14-4-1-2-6-16(14)21-19(17)23/h1-6,12,17H,7-11,13H2,(H,20,22)(H,21,23)/t17-/m1/s1. The summed E-state index contributed by atoms with van der Waals surface area (Å²) < 4.78 is 5.23. The molecule has 132 valence electrons. The second-order valence-corrected chi connectivity index (χ2v) is 7.28. The van der Waals surface area contributed by atoms with Crippen molar-refractivity contribution in [3.63, 3.8) is 0 Å². The van der Waals surface area contributed by atoms with E-state index in [0.717, 1.165) is 24.3 Å². The molecule has 0 fully saturated rings. The molecular weight excluding hydrogens is 336 g/mol. The van der Waals surface area contributed by atoms with E-state index in [1.165, 1.54) is 5.56 Å². The third-order valence-corrected chi connectivity index (χ3v) is 5.46. The first-order valence-electron chi connectivity index (χ1n) is 8.52. The van der Waals surface area contributed by atoms with Gasteiger partial charge in [-0.15, -0.1) is 11.8 Å².